The maximum absolute atomic E-state index is 2.69. The molecule has 2 saturated carbocycles. The van der Waals surface area contributed by atoms with Crippen molar-refractivity contribution < 1.29 is 0 Å². The van der Waals surface area contributed by atoms with Gasteiger partial charge < -0.3 is 0 Å². The number of unbranched alkanes of at least 4 members (excludes halogenated alkanes) is 5. The van der Waals surface area contributed by atoms with Crippen LogP contribution in [0.1, 0.15) is 128 Å². The van der Waals surface area contributed by atoms with E-state index in [0.29, 0.717) is 0 Å². The highest BCUT2D eigenvalue weighted by Crippen LogP contribution is 2.54. The molecule has 0 aliphatic heterocycles. The van der Waals surface area contributed by atoms with Crippen LogP contribution in [0, 0.1) is 47.3 Å². The first-order chi connectivity index (χ1) is 19.9. The van der Waals surface area contributed by atoms with Gasteiger partial charge in [0.1, 0.15) is 0 Å². The zero-order valence-electron chi connectivity index (χ0n) is 25.5. The minimum atomic E-state index is 0.734. The largest absolute Gasteiger partial charge is 0.0844 e. The summed E-state index contributed by atoms with van der Waals surface area (Å²) in [4.78, 5) is 0. The lowest BCUT2D eigenvalue weighted by molar-refractivity contribution is 0.314. The van der Waals surface area contributed by atoms with Gasteiger partial charge in [0.15, 0.2) is 0 Å². The third kappa shape index (κ3) is 6.57. The van der Waals surface area contributed by atoms with Crippen LogP contribution in [0.15, 0.2) is 71.9 Å². The maximum Gasteiger partial charge on any atom is 0.00170 e. The highest BCUT2D eigenvalue weighted by atomic mass is 14.5. The second kappa shape index (κ2) is 14.6. The molecular weight excluding hydrogens is 480 g/mol. The molecule has 218 valence electrons. The quantitative estimate of drug-likeness (QED) is 0.202. The first kappa shape index (κ1) is 28.6. The normalized spacial score (nSPS) is 39.6. The van der Waals surface area contributed by atoms with Gasteiger partial charge >= 0.3 is 0 Å². The Morgan fingerprint density at radius 2 is 0.875 bits per heavy atom. The highest BCUT2D eigenvalue weighted by molar-refractivity contribution is 5.33. The Balaban J connectivity index is 0.943. The van der Waals surface area contributed by atoms with Gasteiger partial charge in [-0.2, -0.15) is 0 Å². The Hall–Kier alpha value is -1.56. The van der Waals surface area contributed by atoms with E-state index in [1.807, 2.05) is 11.1 Å². The van der Waals surface area contributed by atoms with E-state index >= 15 is 0 Å². The number of rotatable bonds is 9. The lowest BCUT2D eigenvalue weighted by atomic mass is 9.82. The van der Waals surface area contributed by atoms with Gasteiger partial charge in [-0.05, 0) is 86.9 Å². The predicted molar refractivity (Wildman–Crippen MR) is 173 cm³/mol. The van der Waals surface area contributed by atoms with E-state index in [4.69, 9.17) is 0 Å². The fraction of sp³-hybridized carbons (Fsp3) is 0.700. The third-order valence-corrected chi connectivity index (χ3v) is 12.0. The topological polar surface area (TPSA) is 0 Å². The van der Waals surface area contributed by atoms with Gasteiger partial charge in [-0.25, -0.2) is 0 Å². The number of hydrogen-bond donors (Lipinski definition) is 0. The molecule has 0 nitrogen and oxygen atoms in total. The summed E-state index contributed by atoms with van der Waals surface area (Å²) in [6.45, 7) is 0. The van der Waals surface area contributed by atoms with Crippen molar-refractivity contribution in [3.8, 4) is 0 Å². The second-order valence-electron chi connectivity index (χ2n) is 14.4. The summed E-state index contributed by atoms with van der Waals surface area (Å²) in [7, 11) is 0. The zero-order chi connectivity index (χ0) is 27.0. The van der Waals surface area contributed by atoms with Crippen LogP contribution in [-0.2, 0) is 0 Å². The molecule has 0 saturated heterocycles. The van der Waals surface area contributed by atoms with Gasteiger partial charge in [0, 0.05) is 11.8 Å². The minimum Gasteiger partial charge on any atom is -0.0844 e. The summed E-state index contributed by atoms with van der Waals surface area (Å²) in [5.74, 6) is 6.50. The van der Waals surface area contributed by atoms with Crippen LogP contribution < -0.4 is 0 Å². The van der Waals surface area contributed by atoms with Crippen LogP contribution in [0.4, 0.5) is 0 Å². The molecule has 0 spiro atoms. The average Bonchev–Trinajstić information content (AvgIpc) is 3.25. The molecule has 8 atom stereocenters. The van der Waals surface area contributed by atoms with Crippen LogP contribution >= 0.6 is 0 Å². The fourth-order valence-corrected chi connectivity index (χ4v) is 10.1. The van der Waals surface area contributed by atoms with E-state index < -0.39 is 0 Å². The van der Waals surface area contributed by atoms with E-state index in [0.717, 1.165) is 47.3 Å². The van der Waals surface area contributed by atoms with Crippen molar-refractivity contribution in [3.05, 3.63) is 71.9 Å². The van der Waals surface area contributed by atoms with Crippen molar-refractivity contribution >= 4 is 0 Å². The van der Waals surface area contributed by atoms with Gasteiger partial charge in [0.05, 0.1) is 0 Å². The molecule has 8 unspecified atom stereocenters. The number of fused-ring (bicyclic) bond motifs is 10. The van der Waals surface area contributed by atoms with E-state index in [2.05, 4.69) is 60.8 Å². The first-order valence-electron chi connectivity index (χ1n) is 18.0. The third-order valence-electron chi connectivity index (χ3n) is 12.0. The SMILES string of the molecule is C1=CC2/C3=C/CCCCCCC3C(C=C1)C2CCCCCCCCC1C2C=CC=CC1C1CCCCCC/C=C/21. The van der Waals surface area contributed by atoms with Gasteiger partial charge in [0.25, 0.3) is 0 Å². The summed E-state index contributed by atoms with van der Waals surface area (Å²) in [6.07, 6.45) is 53.8. The minimum absolute atomic E-state index is 0.734. The van der Waals surface area contributed by atoms with Crippen molar-refractivity contribution in [3.63, 3.8) is 0 Å². The Bertz CT molecular complexity index is 904. The molecule has 6 rings (SSSR count). The molecule has 0 N–H and O–H groups in total. The van der Waals surface area contributed by atoms with Gasteiger partial charge in [-0.3, -0.25) is 0 Å². The van der Waals surface area contributed by atoms with Crippen molar-refractivity contribution in [2.24, 2.45) is 47.3 Å². The molecule has 0 radical (unpaired) electrons. The number of hydrogen-bond acceptors (Lipinski definition) is 0. The smallest absolute Gasteiger partial charge is 0.00170 e. The monoisotopic (exact) mass is 538 g/mol. The molecule has 0 aromatic carbocycles. The molecule has 2 fully saturated rings. The molecule has 0 heterocycles. The first-order valence-corrected chi connectivity index (χ1v) is 18.0. The maximum atomic E-state index is 2.69. The summed E-state index contributed by atoms with van der Waals surface area (Å²) >= 11 is 0. The van der Waals surface area contributed by atoms with Gasteiger partial charge in [0.2, 0.25) is 0 Å². The molecular formula is C40H58. The average molecular weight is 539 g/mol. The lowest BCUT2D eigenvalue weighted by Gasteiger charge is -2.23. The molecule has 40 heavy (non-hydrogen) atoms. The van der Waals surface area contributed by atoms with E-state index in [1.54, 1.807) is 0 Å². The van der Waals surface area contributed by atoms with E-state index in [1.165, 1.54) is 128 Å². The molecule has 0 amide bonds. The van der Waals surface area contributed by atoms with Crippen LogP contribution in [0.2, 0.25) is 0 Å². The van der Waals surface area contributed by atoms with Gasteiger partial charge in [-0.1, -0.05) is 149 Å². The number of allylic oxidation sites excluding steroid dienone is 12. The predicted octanol–water partition coefficient (Wildman–Crippen LogP) is 11.9. The molecule has 0 aromatic rings. The van der Waals surface area contributed by atoms with Crippen LogP contribution in [0.25, 0.3) is 0 Å². The van der Waals surface area contributed by atoms with Crippen LogP contribution in [0.5, 0.6) is 0 Å². The van der Waals surface area contributed by atoms with Gasteiger partial charge in [-0.15, -0.1) is 0 Å². The Morgan fingerprint density at radius 3 is 1.38 bits per heavy atom. The molecule has 6 aliphatic carbocycles. The summed E-state index contributed by atoms with van der Waals surface area (Å²) in [6, 6.07) is 0. The van der Waals surface area contributed by atoms with Crippen molar-refractivity contribution in [1.29, 1.82) is 0 Å². The Morgan fingerprint density at radius 1 is 0.450 bits per heavy atom. The standard InChI is InChI=1S/C40H58/c1(5-11-21-35-37-27-17-18-28-38(35)32-24-14-8-3-7-13-23-31(32)37)2-6-12-22-36-39-29-19-20-30-40(36)34-26-16-10-4-9-15-25-33(34)39/h17-20,23,25,27-30,32,34-40H,1-16,21-22,24,26H2/b31-23+,33-25+. The second-order valence-corrected chi connectivity index (χ2v) is 14.4. The summed E-state index contributed by atoms with van der Waals surface area (Å²) in [5, 5.41) is 0. The van der Waals surface area contributed by atoms with Crippen LogP contribution in [-0.4, -0.2) is 0 Å². The molecule has 0 heteroatoms. The van der Waals surface area contributed by atoms with Crippen LogP contribution in [0.3, 0.4) is 0 Å². The lowest BCUT2D eigenvalue weighted by Crippen LogP contribution is -2.15. The van der Waals surface area contributed by atoms with E-state index in [-0.39, 0.29) is 0 Å². The Labute approximate surface area is 247 Å². The molecule has 4 bridgehead atoms. The molecule has 0 aromatic heterocycles. The summed E-state index contributed by atoms with van der Waals surface area (Å²) in [5.41, 5.74) is 3.68. The van der Waals surface area contributed by atoms with Crippen molar-refractivity contribution in [2.75, 3.05) is 0 Å². The highest BCUT2D eigenvalue weighted by Gasteiger charge is 2.45. The zero-order valence-corrected chi connectivity index (χ0v) is 25.5. The van der Waals surface area contributed by atoms with E-state index in [9.17, 15) is 0 Å². The van der Waals surface area contributed by atoms with Crippen molar-refractivity contribution in [1.82, 2.24) is 0 Å². The molecule has 6 aliphatic rings. The fourth-order valence-electron chi connectivity index (χ4n) is 10.1. The summed E-state index contributed by atoms with van der Waals surface area (Å²) < 4.78 is 0. The van der Waals surface area contributed by atoms with Crippen molar-refractivity contribution in [2.45, 2.75) is 128 Å². The Kier molecular flexibility index (Phi) is 10.4.